The standard InChI is InChI=1S/C19H25ClN4OS/c1-13(2)24-16(22-23-18(24)26)12-21-17(25)19(9-4-3-5-10-19)14-7-6-8-15(20)11-14/h6-8,11,13H,3-5,9-10,12H2,1-2H3,(H,21,25)(H,23,26). The van der Waals surface area contributed by atoms with Crippen LogP contribution in [0.1, 0.15) is 63.4 Å². The van der Waals surface area contributed by atoms with Crippen molar-refractivity contribution in [1.29, 1.82) is 0 Å². The van der Waals surface area contributed by atoms with E-state index in [-0.39, 0.29) is 11.9 Å². The molecule has 1 heterocycles. The van der Waals surface area contributed by atoms with Gasteiger partial charge in [-0.2, -0.15) is 5.10 Å². The Labute approximate surface area is 164 Å². The van der Waals surface area contributed by atoms with Crippen LogP contribution in [0.25, 0.3) is 0 Å². The van der Waals surface area contributed by atoms with Crippen molar-refractivity contribution in [3.05, 3.63) is 45.4 Å². The summed E-state index contributed by atoms with van der Waals surface area (Å²) in [4.78, 5) is 13.3. The van der Waals surface area contributed by atoms with Crippen molar-refractivity contribution in [1.82, 2.24) is 20.1 Å². The molecule has 26 heavy (non-hydrogen) atoms. The second-order valence-electron chi connectivity index (χ2n) is 7.24. The minimum absolute atomic E-state index is 0.0451. The molecule has 1 aromatic heterocycles. The first kappa shape index (κ1) is 19.1. The molecule has 140 valence electrons. The predicted octanol–water partition coefficient (Wildman–Crippen LogP) is 4.69. The molecule has 1 aromatic carbocycles. The monoisotopic (exact) mass is 392 g/mol. The summed E-state index contributed by atoms with van der Waals surface area (Å²) in [7, 11) is 0. The van der Waals surface area contributed by atoms with Crippen LogP contribution >= 0.6 is 23.8 Å². The first-order valence-corrected chi connectivity index (χ1v) is 9.93. The van der Waals surface area contributed by atoms with Gasteiger partial charge < -0.3 is 9.88 Å². The summed E-state index contributed by atoms with van der Waals surface area (Å²) in [6, 6.07) is 7.90. The number of hydrogen-bond acceptors (Lipinski definition) is 3. The van der Waals surface area contributed by atoms with Crippen LogP contribution in [0, 0.1) is 4.77 Å². The van der Waals surface area contributed by atoms with Crippen molar-refractivity contribution in [3.63, 3.8) is 0 Å². The molecule has 7 heteroatoms. The van der Waals surface area contributed by atoms with Crippen LogP contribution < -0.4 is 5.32 Å². The van der Waals surface area contributed by atoms with Crippen LogP contribution in [0.4, 0.5) is 0 Å². The molecule has 0 saturated heterocycles. The molecule has 0 spiro atoms. The van der Waals surface area contributed by atoms with Gasteiger partial charge in [-0.05, 0) is 56.6 Å². The van der Waals surface area contributed by atoms with E-state index in [0.29, 0.717) is 16.3 Å². The van der Waals surface area contributed by atoms with Gasteiger partial charge in [-0.25, -0.2) is 0 Å². The zero-order chi connectivity index (χ0) is 18.7. The highest BCUT2D eigenvalue weighted by molar-refractivity contribution is 7.71. The molecule has 0 atom stereocenters. The third-order valence-electron chi connectivity index (χ3n) is 5.22. The summed E-state index contributed by atoms with van der Waals surface area (Å²) in [6.45, 7) is 4.45. The maximum absolute atomic E-state index is 13.3. The number of aromatic amines is 1. The number of rotatable bonds is 5. The lowest BCUT2D eigenvalue weighted by molar-refractivity contribution is -0.128. The van der Waals surface area contributed by atoms with E-state index in [9.17, 15) is 4.79 Å². The fourth-order valence-corrected chi connectivity index (χ4v) is 4.46. The van der Waals surface area contributed by atoms with E-state index in [2.05, 4.69) is 15.5 Å². The Balaban J connectivity index is 1.84. The van der Waals surface area contributed by atoms with Crippen molar-refractivity contribution in [2.24, 2.45) is 0 Å². The van der Waals surface area contributed by atoms with Gasteiger partial charge in [-0.15, -0.1) is 0 Å². The van der Waals surface area contributed by atoms with E-state index < -0.39 is 5.41 Å². The number of amides is 1. The number of aromatic nitrogens is 3. The molecular formula is C19H25ClN4OS. The second-order valence-corrected chi connectivity index (χ2v) is 8.07. The number of H-pyrrole nitrogens is 1. The average molecular weight is 393 g/mol. The minimum atomic E-state index is -0.515. The number of carbonyl (C=O) groups is 1. The lowest BCUT2D eigenvalue weighted by Gasteiger charge is -2.36. The maximum atomic E-state index is 13.3. The number of halogens is 1. The Kier molecular flexibility index (Phi) is 5.82. The number of nitrogens with one attached hydrogen (secondary N) is 2. The van der Waals surface area contributed by atoms with Crippen molar-refractivity contribution in [2.75, 3.05) is 0 Å². The first-order chi connectivity index (χ1) is 12.4. The Hall–Kier alpha value is -1.66. The van der Waals surface area contributed by atoms with Gasteiger partial charge >= 0.3 is 0 Å². The summed E-state index contributed by atoms with van der Waals surface area (Å²) in [5.74, 6) is 0.791. The van der Waals surface area contributed by atoms with Gasteiger partial charge in [0.2, 0.25) is 5.91 Å². The number of nitrogens with zero attached hydrogens (tertiary/aromatic N) is 2. The van der Waals surface area contributed by atoms with Crippen molar-refractivity contribution >= 4 is 29.7 Å². The molecule has 0 bridgehead atoms. The summed E-state index contributed by atoms with van der Waals surface area (Å²) < 4.78 is 2.51. The van der Waals surface area contributed by atoms with E-state index in [1.54, 1.807) is 0 Å². The van der Waals surface area contributed by atoms with Gasteiger partial charge in [-0.1, -0.05) is 43.0 Å². The SMILES string of the molecule is CC(C)n1c(CNC(=O)C2(c3cccc(Cl)c3)CCCCC2)n[nH]c1=S. The molecule has 1 saturated carbocycles. The van der Waals surface area contributed by atoms with Crippen LogP contribution in [0.3, 0.4) is 0 Å². The summed E-state index contributed by atoms with van der Waals surface area (Å²) in [5.41, 5.74) is 0.490. The van der Waals surface area contributed by atoms with Crippen LogP contribution in [-0.4, -0.2) is 20.7 Å². The quantitative estimate of drug-likeness (QED) is 0.725. The average Bonchev–Trinajstić information content (AvgIpc) is 3.01. The van der Waals surface area contributed by atoms with E-state index >= 15 is 0 Å². The number of benzene rings is 1. The number of carbonyl (C=O) groups excluding carboxylic acids is 1. The highest BCUT2D eigenvalue weighted by Gasteiger charge is 2.41. The highest BCUT2D eigenvalue weighted by atomic mass is 35.5. The van der Waals surface area contributed by atoms with Crippen LogP contribution in [-0.2, 0) is 16.8 Å². The van der Waals surface area contributed by atoms with E-state index in [1.165, 1.54) is 6.42 Å². The lowest BCUT2D eigenvalue weighted by atomic mass is 9.68. The fourth-order valence-electron chi connectivity index (χ4n) is 3.91. The topological polar surface area (TPSA) is 62.7 Å². The Morgan fingerprint density at radius 2 is 2.12 bits per heavy atom. The molecule has 0 radical (unpaired) electrons. The van der Waals surface area contributed by atoms with Crippen molar-refractivity contribution < 1.29 is 4.79 Å². The van der Waals surface area contributed by atoms with E-state index in [1.807, 2.05) is 42.7 Å². The molecule has 1 aliphatic rings. The molecule has 0 unspecified atom stereocenters. The van der Waals surface area contributed by atoms with Crippen LogP contribution in [0.5, 0.6) is 0 Å². The first-order valence-electron chi connectivity index (χ1n) is 9.14. The third kappa shape index (κ3) is 3.71. The second kappa shape index (κ2) is 7.92. The zero-order valence-corrected chi connectivity index (χ0v) is 16.8. The van der Waals surface area contributed by atoms with Crippen LogP contribution in [0.15, 0.2) is 24.3 Å². The molecule has 1 amide bonds. The molecule has 5 nitrogen and oxygen atoms in total. The minimum Gasteiger partial charge on any atom is -0.348 e. The lowest BCUT2D eigenvalue weighted by Crippen LogP contribution is -2.45. The van der Waals surface area contributed by atoms with Crippen LogP contribution in [0.2, 0.25) is 5.02 Å². The predicted molar refractivity (Wildman–Crippen MR) is 106 cm³/mol. The smallest absolute Gasteiger partial charge is 0.231 e. The van der Waals surface area contributed by atoms with Crippen molar-refractivity contribution in [3.8, 4) is 0 Å². The zero-order valence-electron chi connectivity index (χ0n) is 15.2. The van der Waals surface area contributed by atoms with Gasteiger partial charge in [0.25, 0.3) is 0 Å². The molecule has 3 rings (SSSR count). The normalized spacial score (nSPS) is 16.6. The van der Waals surface area contributed by atoms with E-state index in [4.69, 9.17) is 23.8 Å². The number of hydrogen-bond donors (Lipinski definition) is 2. The largest absolute Gasteiger partial charge is 0.348 e. The van der Waals surface area contributed by atoms with Gasteiger partial charge in [0.15, 0.2) is 10.6 Å². The van der Waals surface area contributed by atoms with Crippen molar-refractivity contribution in [2.45, 2.75) is 64.0 Å². The summed E-state index contributed by atoms with van der Waals surface area (Å²) in [6.07, 6.45) is 4.95. The van der Waals surface area contributed by atoms with Gasteiger partial charge in [0, 0.05) is 11.1 Å². The molecule has 1 fully saturated rings. The maximum Gasteiger partial charge on any atom is 0.231 e. The Morgan fingerprint density at radius 3 is 2.77 bits per heavy atom. The highest BCUT2D eigenvalue weighted by Crippen LogP contribution is 2.40. The van der Waals surface area contributed by atoms with Gasteiger partial charge in [0.05, 0.1) is 12.0 Å². The van der Waals surface area contributed by atoms with Gasteiger partial charge in [-0.3, -0.25) is 9.89 Å². The third-order valence-corrected chi connectivity index (χ3v) is 5.74. The molecule has 2 N–H and O–H groups in total. The Bertz CT molecular complexity index is 836. The molecule has 1 aliphatic carbocycles. The fraction of sp³-hybridized carbons (Fsp3) is 0.526. The molecular weight excluding hydrogens is 368 g/mol. The van der Waals surface area contributed by atoms with E-state index in [0.717, 1.165) is 37.1 Å². The summed E-state index contributed by atoms with van der Waals surface area (Å²) >= 11 is 11.5. The Morgan fingerprint density at radius 1 is 1.38 bits per heavy atom. The molecule has 2 aromatic rings. The molecule has 0 aliphatic heterocycles. The van der Waals surface area contributed by atoms with Gasteiger partial charge in [0.1, 0.15) is 0 Å². The summed E-state index contributed by atoms with van der Waals surface area (Å²) in [5, 5.41) is 10.9.